The zero-order valence-corrected chi connectivity index (χ0v) is 13.5. The summed E-state index contributed by atoms with van der Waals surface area (Å²) in [6, 6.07) is 0.421. The van der Waals surface area contributed by atoms with Crippen LogP contribution in [0.25, 0.3) is 0 Å². The lowest BCUT2D eigenvalue weighted by Crippen LogP contribution is -2.47. The summed E-state index contributed by atoms with van der Waals surface area (Å²) in [6.45, 7) is 2.15. The van der Waals surface area contributed by atoms with Gasteiger partial charge in [-0.25, -0.2) is 0 Å². The van der Waals surface area contributed by atoms with Gasteiger partial charge in [-0.15, -0.1) is 0 Å². The van der Waals surface area contributed by atoms with Crippen molar-refractivity contribution >= 4 is 11.8 Å². The molecule has 1 aromatic heterocycles. The van der Waals surface area contributed by atoms with E-state index in [-0.39, 0.29) is 24.0 Å². The number of amides is 2. The highest BCUT2D eigenvalue weighted by Crippen LogP contribution is 2.24. The third kappa shape index (κ3) is 3.70. The number of fused-ring (bicyclic) bond motifs is 1. The van der Waals surface area contributed by atoms with Crippen molar-refractivity contribution in [1.82, 2.24) is 25.3 Å². The molecule has 3 atom stereocenters. The fourth-order valence-electron chi connectivity index (χ4n) is 3.19. The zero-order chi connectivity index (χ0) is 16.4. The van der Waals surface area contributed by atoms with Crippen molar-refractivity contribution in [3.8, 4) is 0 Å². The van der Waals surface area contributed by atoms with Gasteiger partial charge in [-0.1, -0.05) is 0 Å². The maximum atomic E-state index is 12.1. The van der Waals surface area contributed by atoms with Crippen LogP contribution in [-0.2, 0) is 9.53 Å². The number of nitrogens with zero attached hydrogens (tertiary/aromatic N) is 3. The molecule has 0 spiro atoms. The van der Waals surface area contributed by atoms with Gasteiger partial charge in [-0.05, 0) is 6.42 Å². The topological polar surface area (TPSA) is 90.6 Å². The Kier molecular flexibility index (Phi) is 4.63. The molecule has 2 saturated heterocycles. The van der Waals surface area contributed by atoms with E-state index in [1.54, 1.807) is 25.2 Å². The van der Waals surface area contributed by atoms with Gasteiger partial charge in [0.1, 0.15) is 0 Å². The molecule has 3 heterocycles. The van der Waals surface area contributed by atoms with Crippen molar-refractivity contribution in [1.29, 1.82) is 0 Å². The van der Waals surface area contributed by atoms with Crippen LogP contribution in [0.4, 0.5) is 0 Å². The van der Waals surface area contributed by atoms with Gasteiger partial charge in [0, 0.05) is 45.5 Å². The van der Waals surface area contributed by atoms with Crippen LogP contribution in [0.5, 0.6) is 0 Å². The van der Waals surface area contributed by atoms with Crippen LogP contribution in [0.1, 0.15) is 23.2 Å². The number of carbonyl (C=O) groups is 2. The first-order valence-electron chi connectivity index (χ1n) is 7.88. The van der Waals surface area contributed by atoms with Crippen LogP contribution in [-0.4, -0.2) is 83.8 Å². The van der Waals surface area contributed by atoms with Crippen molar-refractivity contribution in [2.24, 2.45) is 0 Å². The number of hydrogen-bond donors (Lipinski definition) is 2. The van der Waals surface area contributed by atoms with Gasteiger partial charge in [-0.2, -0.15) is 5.10 Å². The summed E-state index contributed by atoms with van der Waals surface area (Å²) in [5.74, 6) is -0.0266. The molecule has 2 amide bonds. The highest BCUT2D eigenvalue weighted by Gasteiger charge is 2.38. The van der Waals surface area contributed by atoms with E-state index in [9.17, 15) is 9.59 Å². The number of aromatic amines is 1. The first-order chi connectivity index (χ1) is 11.0. The number of H-pyrrole nitrogens is 1. The minimum atomic E-state index is -0.108. The lowest BCUT2D eigenvalue weighted by atomic mass is 10.1. The molecule has 0 bridgehead atoms. The lowest BCUT2D eigenvalue weighted by molar-refractivity contribution is -0.134. The molecule has 2 N–H and O–H groups in total. The molecule has 3 rings (SSSR count). The van der Waals surface area contributed by atoms with Gasteiger partial charge < -0.3 is 15.0 Å². The lowest BCUT2D eigenvalue weighted by Gasteiger charge is -2.35. The summed E-state index contributed by atoms with van der Waals surface area (Å²) in [6.07, 6.45) is 4.32. The molecule has 2 aliphatic heterocycles. The Bertz CT molecular complexity index is 559. The number of aromatic nitrogens is 2. The third-order valence-corrected chi connectivity index (χ3v) is 4.49. The monoisotopic (exact) mass is 321 g/mol. The minimum absolute atomic E-state index is 0.0653. The summed E-state index contributed by atoms with van der Waals surface area (Å²) < 4.78 is 5.82. The van der Waals surface area contributed by atoms with Crippen molar-refractivity contribution in [2.75, 3.05) is 33.8 Å². The molecule has 0 aliphatic carbocycles. The van der Waals surface area contributed by atoms with Gasteiger partial charge in [0.2, 0.25) is 5.91 Å². The first kappa shape index (κ1) is 15.9. The van der Waals surface area contributed by atoms with Gasteiger partial charge in [0.25, 0.3) is 5.91 Å². The van der Waals surface area contributed by atoms with Crippen molar-refractivity contribution in [3.05, 3.63) is 18.0 Å². The number of ether oxygens (including phenoxy) is 1. The number of hydrogen-bond acceptors (Lipinski definition) is 5. The van der Waals surface area contributed by atoms with E-state index in [1.807, 2.05) is 0 Å². The number of nitrogens with one attached hydrogen (secondary N) is 2. The van der Waals surface area contributed by atoms with Crippen LogP contribution < -0.4 is 5.32 Å². The van der Waals surface area contributed by atoms with E-state index in [0.29, 0.717) is 24.6 Å². The van der Waals surface area contributed by atoms with Gasteiger partial charge in [0.15, 0.2) is 0 Å². The first-order valence-corrected chi connectivity index (χ1v) is 7.88. The van der Waals surface area contributed by atoms with E-state index in [0.717, 1.165) is 19.5 Å². The largest absolute Gasteiger partial charge is 0.375 e. The summed E-state index contributed by atoms with van der Waals surface area (Å²) in [5, 5.41) is 9.47. The maximum Gasteiger partial charge on any atom is 0.254 e. The third-order valence-electron chi connectivity index (χ3n) is 4.49. The second-order valence-electron chi connectivity index (χ2n) is 6.45. The van der Waals surface area contributed by atoms with E-state index in [1.165, 1.54) is 6.20 Å². The Morgan fingerprint density at radius 2 is 2.30 bits per heavy atom. The molecule has 0 radical (unpaired) electrons. The molecular weight excluding hydrogens is 298 g/mol. The molecule has 2 aliphatic rings. The molecule has 2 fully saturated rings. The molecule has 126 valence electrons. The Balaban J connectivity index is 1.51. The smallest absolute Gasteiger partial charge is 0.254 e. The maximum absolute atomic E-state index is 12.1. The highest BCUT2D eigenvalue weighted by molar-refractivity contribution is 5.93. The Morgan fingerprint density at radius 3 is 3.00 bits per heavy atom. The summed E-state index contributed by atoms with van der Waals surface area (Å²) in [5.41, 5.74) is 0.542. The van der Waals surface area contributed by atoms with Crippen molar-refractivity contribution < 1.29 is 14.3 Å². The van der Waals surface area contributed by atoms with Crippen LogP contribution in [0.2, 0.25) is 0 Å². The van der Waals surface area contributed by atoms with Gasteiger partial charge >= 0.3 is 0 Å². The SMILES string of the molecule is CN(C)C(=O)C[C@H]1CN2C[C@@H](NC(=O)c3cn[nH]c3)C[C@H]2CO1. The average Bonchev–Trinajstić information content (AvgIpc) is 3.15. The normalized spacial score (nSPS) is 27.5. The zero-order valence-electron chi connectivity index (χ0n) is 13.5. The number of carbonyl (C=O) groups excluding carboxylic acids is 2. The Labute approximate surface area is 135 Å². The van der Waals surface area contributed by atoms with Crippen LogP contribution in [0.3, 0.4) is 0 Å². The van der Waals surface area contributed by atoms with Crippen molar-refractivity contribution in [3.63, 3.8) is 0 Å². The van der Waals surface area contributed by atoms with E-state index in [2.05, 4.69) is 20.4 Å². The van der Waals surface area contributed by atoms with E-state index < -0.39 is 0 Å². The predicted molar refractivity (Wildman–Crippen MR) is 82.9 cm³/mol. The molecule has 0 unspecified atom stereocenters. The van der Waals surface area contributed by atoms with Crippen LogP contribution in [0.15, 0.2) is 12.4 Å². The summed E-state index contributed by atoms with van der Waals surface area (Å²) in [7, 11) is 3.51. The van der Waals surface area contributed by atoms with Crippen LogP contribution in [0, 0.1) is 0 Å². The number of morpholine rings is 1. The van der Waals surface area contributed by atoms with Crippen LogP contribution >= 0.6 is 0 Å². The molecule has 1 aromatic rings. The van der Waals surface area contributed by atoms with Crippen molar-refractivity contribution in [2.45, 2.75) is 31.0 Å². The fourth-order valence-corrected chi connectivity index (χ4v) is 3.19. The summed E-state index contributed by atoms with van der Waals surface area (Å²) in [4.78, 5) is 27.8. The molecule has 0 saturated carbocycles. The van der Waals surface area contributed by atoms with E-state index >= 15 is 0 Å². The Hall–Kier alpha value is -1.93. The quantitative estimate of drug-likeness (QED) is 0.777. The second kappa shape index (κ2) is 6.67. The Morgan fingerprint density at radius 1 is 1.48 bits per heavy atom. The predicted octanol–water partition coefficient (Wildman–Crippen LogP) is -0.540. The molecule has 8 heteroatoms. The highest BCUT2D eigenvalue weighted by atomic mass is 16.5. The van der Waals surface area contributed by atoms with Gasteiger partial charge in [-0.3, -0.25) is 19.6 Å². The molecule has 23 heavy (non-hydrogen) atoms. The van der Waals surface area contributed by atoms with Gasteiger partial charge in [0.05, 0.1) is 30.9 Å². The van der Waals surface area contributed by atoms with E-state index in [4.69, 9.17) is 4.74 Å². The summed E-state index contributed by atoms with van der Waals surface area (Å²) >= 11 is 0. The standard InChI is InChI=1S/C15H23N5O3/c1-19(2)14(21)4-13-8-20-7-11(3-12(20)9-23-13)18-15(22)10-5-16-17-6-10/h5-6,11-13H,3-4,7-9H2,1-2H3,(H,16,17)(H,18,22)/t11-,12-,13-/m0/s1. The number of rotatable bonds is 4. The molecular formula is C15H23N5O3. The second-order valence-corrected chi connectivity index (χ2v) is 6.45. The molecule has 0 aromatic carbocycles. The fraction of sp³-hybridized carbons (Fsp3) is 0.667. The molecule has 8 nitrogen and oxygen atoms in total. The minimum Gasteiger partial charge on any atom is -0.375 e. The average molecular weight is 321 g/mol.